The van der Waals surface area contributed by atoms with Crippen LogP contribution >= 0.6 is 11.8 Å². The summed E-state index contributed by atoms with van der Waals surface area (Å²) in [4.78, 5) is 13.0. The van der Waals surface area contributed by atoms with E-state index in [0.29, 0.717) is 6.04 Å². The molecule has 0 radical (unpaired) electrons. The molecule has 0 spiro atoms. The minimum atomic E-state index is -0.137. The van der Waals surface area contributed by atoms with Crippen molar-refractivity contribution in [1.82, 2.24) is 4.57 Å². The number of benzene rings is 8. The topological polar surface area (TPSA) is 17.9 Å². The molecule has 0 saturated heterocycles. The molecule has 9 aromatic rings. The zero-order chi connectivity index (χ0) is 53.2. The van der Waals surface area contributed by atoms with Gasteiger partial charge >= 0.3 is 0 Å². The van der Waals surface area contributed by atoms with Gasteiger partial charge in [0.1, 0.15) is 0 Å². The Bertz CT molecular complexity index is 3870. The van der Waals surface area contributed by atoms with Gasteiger partial charge in [0.25, 0.3) is 0 Å². The quantitative estimate of drug-likeness (QED) is 0.127. The van der Waals surface area contributed by atoms with Gasteiger partial charge in [-0.15, -0.1) is 0 Å². The minimum absolute atomic E-state index is 0.0238. The van der Waals surface area contributed by atoms with Crippen LogP contribution in [-0.2, 0) is 0 Å². The Morgan fingerprint density at radius 2 is 1.06 bits per heavy atom. The first kappa shape index (κ1) is 49.3. The zero-order valence-corrected chi connectivity index (χ0v) is 47.5. The van der Waals surface area contributed by atoms with Gasteiger partial charge in [0.05, 0.1) is 16.6 Å². The third-order valence-electron chi connectivity index (χ3n) is 17.1. The van der Waals surface area contributed by atoms with Gasteiger partial charge < -0.3 is 24.2 Å². The van der Waals surface area contributed by atoms with E-state index in [2.05, 4.69) is 282 Å². The summed E-state index contributed by atoms with van der Waals surface area (Å²) < 4.78 is 2.54. The molecule has 0 N–H and O–H groups in total. The molecule has 8 aromatic carbocycles. The van der Waals surface area contributed by atoms with Crippen molar-refractivity contribution in [3.63, 3.8) is 0 Å². The summed E-state index contributed by atoms with van der Waals surface area (Å²) in [6, 6.07) is 61.8. The average Bonchev–Trinajstić information content (AvgIpc) is 3.94. The van der Waals surface area contributed by atoms with Crippen molar-refractivity contribution >= 4 is 120 Å². The Morgan fingerprint density at radius 3 is 1.68 bits per heavy atom. The molecule has 77 heavy (non-hydrogen) atoms. The number of allylic oxidation sites excluding steroid dienone is 2. The molecule has 1 atom stereocenters. The van der Waals surface area contributed by atoms with E-state index in [9.17, 15) is 0 Å². The summed E-state index contributed by atoms with van der Waals surface area (Å²) in [5.74, 6) is 0. The lowest BCUT2D eigenvalue weighted by Crippen LogP contribution is -2.61. The van der Waals surface area contributed by atoms with Crippen LogP contribution in [0.3, 0.4) is 0 Å². The summed E-state index contributed by atoms with van der Waals surface area (Å²) in [5, 5.41) is 2.58. The molecule has 1 unspecified atom stereocenters. The van der Waals surface area contributed by atoms with Crippen molar-refractivity contribution < 1.29 is 0 Å². The number of hydrogen-bond acceptors (Lipinski definition) is 5. The molecular weight excluding hydrogens is 952 g/mol. The number of rotatable bonds is 10. The Balaban J connectivity index is 1.05. The lowest BCUT2D eigenvalue weighted by Gasteiger charge is -2.46. The lowest BCUT2D eigenvalue weighted by atomic mass is 9.33. The van der Waals surface area contributed by atoms with Crippen LogP contribution in [0.1, 0.15) is 79.9 Å². The molecule has 1 aliphatic carbocycles. The highest BCUT2D eigenvalue weighted by molar-refractivity contribution is 8.00. The van der Waals surface area contributed by atoms with Crippen molar-refractivity contribution in [3.8, 4) is 5.69 Å². The smallest absolute Gasteiger partial charge is 0.249 e. The average molecular weight is 1020 g/mol. The number of aromatic nitrogens is 1. The van der Waals surface area contributed by atoms with Gasteiger partial charge in [-0.25, -0.2) is 0 Å². The van der Waals surface area contributed by atoms with Gasteiger partial charge in [-0.2, -0.15) is 0 Å². The molecule has 4 heterocycles. The van der Waals surface area contributed by atoms with Crippen LogP contribution in [0.15, 0.2) is 192 Å². The standard InChI is InChI=1S/C69H69B2N5S/c1-43(2)72(49-25-15-12-16-26-49)51-37-64-68-66(39-51)77-65-42-62-54(41-58(65)71(68)56-30-20-22-32-60(56)74(64)45(5)6)53-40-57(47(9)36-61(53)75(62)50-27-17-13-18-28-50)70-55-29-19-21-31-59(55)73(44(3)4)63-38-52(35-48(10)67(63)70)76(46(7)8)69(11)33-23-14-24-34-69/h12-33,35-46H,34H2,1-11H3. The molecule has 8 heteroatoms. The first-order chi connectivity index (χ1) is 37.2. The van der Waals surface area contributed by atoms with E-state index in [-0.39, 0.29) is 37.1 Å². The highest BCUT2D eigenvalue weighted by Crippen LogP contribution is 2.46. The Labute approximate surface area is 462 Å². The molecule has 0 fully saturated rings. The van der Waals surface area contributed by atoms with Crippen LogP contribution in [0, 0.1) is 13.8 Å². The van der Waals surface area contributed by atoms with Gasteiger partial charge in [-0.1, -0.05) is 143 Å². The van der Waals surface area contributed by atoms with Crippen molar-refractivity contribution in [2.45, 2.75) is 122 Å². The largest absolute Gasteiger partial charge is 0.360 e. The van der Waals surface area contributed by atoms with Crippen molar-refractivity contribution in [3.05, 3.63) is 193 Å². The molecule has 0 saturated carbocycles. The van der Waals surface area contributed by atoms with Crippen molar-refractivity contribution in [2.24, 2.45) is 0 Å². The van der Waals surface area contributed by atoms with E-state index in [1.54, 1.807) is 0 Å². The SMILES string of the molecule is Cc1cc2c(cc1B1c3ccccc3N(C(C)C)c3cc(N(C(C)C)C4(C)C=CC=CC4)cc(C)c31)c1cc3c(cc1n2-c1ccccc1)Sc1cc(N(c2ccccc2)C(C)C)cc2c1B3c1ccccc1N2C(C)C. The number of fused-ring (bicyclic) bond motifs is 9. The Hall–Kier alpha value is -7.28. The van der Waals surface area contributed by atoms with E-state index in [1.807, 2.05) is 11.8 Å². The second kappa shape index (κ2) is 18.7. The number of hydrogen-bond donors (Lipinski definition) is 0. The van der Waals surface area contributed by atoms with Crippen LogP contribution in [0.5, 0.6) is 0 Å². The predicted octanol–water partition coefficient (Wildman–Crippen LogP) is 13.7. The molecule has 13 rings (SSSR count). The molecule has 0 amide bonds. The predicted molar refractivity (Wildman–Crippen MR) is 337 cm³/mol. The van der Waals surface area contributed by atoms with Crippen LogP contribution in [0.4, 0.5) is 39.8 Å². The third kappa shape index (κ3) is 7.75. The molecule has 3 aliphatic heterocycles. The van der Waals surface area contributed by atoms with Crippen LogP contribution in [-0.4, -0.2) is 47.7 Å². The first-order valence-corrected chi connectivity index (χ1v) is 29.0. The van der Waals surface area contributed by atoms with Gasteiger partial charge in [-0.3, -0.25) is 0 Å². The van der Waals surface area contributed by atoms with E-state index in [0.717, 1.165) is 6.42 Å². The molecule has 5 nitrogen and oxygen atoms in total. The molecule has 4 aliphatic rings. The fourth-order valence-corrected chi connectivity index (χ4v) is 15.5. The van der Waals surface area contributed by atoms with Crippen LogP contribution in [0.2, 0.25) is 0 Å². The van der Waals surface area contributed by atoms with Gasteiger partial charge in [0.2, 0.25) is 13.4 Å². The van der Waals surface area contributed by atoms with Crippen LogP contribution < -0.4 is 52.4 Å². The van der Waals surface area contributed by atoms with E-state index >= 15 is 0 Å². The Morgan fingerprint density at radius 1 is 0.494 bits per heavy atom. The summed E-state index contributed by atoms with van der Waals surface area (Å²) in [6.45, 7) is 25.9. The van der Waals surface area contributed by atoms with Crippen LogP contribution in [0.25, 0.3) is 27.5 Å². The maximum absolute atomic E-state index is 2.65. The zero-order valence-electron chi connectivity index (χ0n) is 46.6. The molecule has 382 valence electrons. The maximum atomic E-state index is 2.65. The molecule has 1 aromatic heterocycles. The fourth-order valence-electron chi connectivity index (χ4n) is 14.3. The maximum Gasteiger partial charge on any atom is 0.249 e. The number of para-hydroxylation sites is 4. The van der Waals surface area contributed by atoms with Gasteiger partial charge in [-0.05, 0) is 177 Å². The van der Waals surface area contributed by atoms with Gasteiger partial charge in [0, 0.05) is 90.2 Å². The number of aryl methyl sites for hydroxylation is 2. The fraction of sp³-hybridized carbons (Fsp3) is 0.246. The third-order valence-corrected chi connectivity index (χ3v) is 18.3. The normalized spacial score (nSPS) is 16.2. The van der Waals surface area contributed by atoms with E-state index in [4.69, 9.17) is 0 Å². The number of nitrogens with zero attached hydrogens (tertiary/aromatic N) is 5. The second-order valence-electron chi connectivity index (χ2n) is 23.5. The summed E-state index contributed by atoms with van der Waals surface area (Å²) >= 11 is 1.95. The Kier molecular flexibility index (Phi) is 12.0. The van der Waals surface area contributed by atoms with E-state index in [1.165, 1.54) is 121 Å². The second-order valence-corrected chi connectivity index (χ2v) is 24.6. The summed E-state index contributed by atoms with van der Waals surface area (Å²) in [5.41, 5.74) is 23.3. The minimum Gasteiger partial charge on any atom is -0.360 e. The van der Waals surface area contributed by atoms with Gasteiger partial charge in [0.15, 0.2) is 0 Å². The highest BCUT2D eigenvalue weighted by Gasteiger charge is 2.44. The highest BCUT2D eigenvalue weighted by atomic mass is 32.2. The van der Waals surface area contributed by atoms with E-state index < -0.39 is 0 Å². The molecular formula is C69H69B2N5S. The molecule has 0 bridgehead atoms. The van der Waals surface area contributed by atoms with Crippen molar-refractivity contribution in [2.75, 3.05) is 19.6 Å². The monoisotopic (exact) mass is 1020 g/mol. The van der Waals surface area contributed by atoms with Crippen molar-refractivity contribution in [1.29, 1.82) is 0 Å². The number of anilines is 7. The first-order valence-electron chi connectivity index (χ1n) is 28.1. The summed E-state index contributed by atoms with van der Waals surface area (Å²) in [6.07, 6.45) is 10.1. The lowest BCUT2D eigenvalue weighted by molar-refractivity contribution is 0.475. The summed E-state index contributed by atoms with van der Waals surface area (Å²) in [7, 11) is 0.